The Balaban J connectivity index is 2.20. The van der Waals surface area contributed by atoms with Gasteiger partial charge >= 0.3 is 0 Å². The number of rotatable bonds is 5. The molecule has 2 rings (SSSR count). The fraction of sp³-hybridized carbons (Fsp3) is 0.625. The van der Waals surface area contributed by atoms with Gasteiger partial charge in [0.15, 0.2) is 0 Å². The second kappa shape index (κ2) is 6.29. The van der Waals surface area contributed by atoms with Gasteiger partial charge < -0.3 is 15.0 Å². The number of methoxy groups -OCH3 is 1. The van der Waals surface area contributed by atoms with E-state index >= 15 is 0 Å². The first-order valence-electron chi connectivity index (χ1n) is 7.30. The van der Waals surface area contributed by atoms with E-state index in [1.165, 1.54) is 29.8 Å². The number of likely N-dealkylation sites (N-methyl/N-ethyl adjacent to an activating group) is 1. The van der Waals surface area contributed by atoms with Crippen molar-refractivity contribution >= 4 is 11.4 Å². The number of benzene rings is 1. The van der Waals surface area contributed by atoms with Crippen molar-refractivity contribution in [1.82, 2.24) is 0 Å². The molecule has 0 aliphatic carbocycles. The van der Waals surface area contributed by atoms with Crippen LogP contribution < -0.4 is 10.2 Å². The third-order valence-corrected chi connectivity index (χ3v) is 3.95. The van der Waals surface area contributed by atoms with Gasteiger partial charge in [-0.05, 0) is 57.4 Å². The van der Waals surface area contributed by atoms with Crippen LogP contribution >= 0.6 is 0 Å². The highest BCUT2D eigenvalue weighted by Gasteiger charge is 2.17. The highest BCUT2D eigenvalue weighted by Crippen LogP contribution is 2.29. The van der Waals surface area contributed by atoms with Gasteiger partial charge in [0, 0.05) is 37.1 Å². The van der Waals surface area contributed by atoms with Crippen LogP contribution in [-0.4, -0.2) is 32.3 Å². The lowest BCUT2D eigenvalue weighted by Crippen LogP contribution is -2.36. The number of hydrogen-bond donors (Lipinski definition) is 1. The summed E-state index contributed by atoms with van der Waals surface area (Å²) in [6.07, 6.45) is 2.39. The first-order chi connectivity index (χ1) is 9.15. The minimum absolute atomic E-state index is 0.406. The van der Waals surface area contributed by atoms with Gasteiger partial charge in [-0.25, -0.2) is 0 Å². The van der Waals surface area contributed by atoms with E-state index in [0.717, 1.165) is 13.2 Å². The Morgan fingerprint density at radius 2 is 2.26 bits per heavy atom. The van der Waals surface area contributed by atoms with Gasteiger partial charge in [-0.1, -0.05) is 0 Å². The molecule has 0 aromatic heterocycles. The molecule has 19 heavy (non-hydrogen) atoms. The Bertz CT molecular complexity index is 419. The Kier molecular flexibility index (Phi) is 4.70. The minimum atomic E-state index is 0.406. The number of ether oxygens (including phenoxy) is 1. The largest absolute Gasteiger partial charge is 0.383 e. The summed E-state index contributed by atoms with van der Waals surface area (Å²) in [6, 6.07) is 7.78. The summed E-state index contributed by atoms with van der Waals surface area (Å²) >= 11 is 0. The summed E-state index contributed by atoms with van der Waals surface area (Å²) in [4.78, 5) is 2.40. The highest BCUT2D eigenvalue weighted by molar-refractivity contribution is 5.62. The summed E-state index contributed by atoms with van der Waals surface area (Å²) in [7, 11) is 1.77. The maximum absolute atomic E-state index is 5.28. The predicted octanol–water partition coefficient (Wildman–Crippen LogP) is 3.29. The van der Waals surface area contributed by atoms with Gasteiger partial charge in [-0.3, -0.25) is 0 Å². The molecule has 1 aromatic rings. The molecule has 1 aliphatic heterocycles. The first-order valence-corrected chi connectivity index (χ1v) is 7.30. The van der Waals surface area contributed by atoms with Crippen molar-refractivity contribution in [3.63, 3.8) is 0 Å². The molecule has 0 bridgehead atoms. The molecule has 106 valence electrons. The molecule has 1 heterocycles. The fourth-order valence-electron chi connectivity index (χ4n) is 2.90. The Morgan fingerprint density at radius 3 is 2.95 bits per heavy atom. The maximum Gasteiger partial charge on any atom is 0.0663 e. The van der Waals surface area contributed by atoms with Crippen molar-refractivity contribution in [2.24, 2.45) is 0 Å². The van der Waals surface area contributed by atoms with Gasteiger partial charge in [0.05, 0.1) is 6.61 Å². The smallest absolute Gasteiger partial charge is 0.0663 e. The molecule has 0 saturated carbocycles. The van der Waals surface area contributed by atoms with E-state index in [1.54, 1.807) is 7.11 Å². The number of nitrogens with zero attached hydrogens (tertiary/aromatic N) is 1. The fourth-order valence-corrected chi connectivity index (χ4v) is 2.90. The van der Waals surface area contributed by atoms with Crippen molar-refractivity contribution < 1.29 is 4.74 Å². The molecular formula is C16H26N2O. The van der Waals surface area contributed by atoms with Crippen molar-refractivity contribution in [2.45, 2.75) is 45.7 Å². The molecule has 0 amide bonds. The second-order valence-electron chi connectivity index (χ2n) is 5.52. The van der Waals surface area contributed by atoms with Gasteiger partial charge in [0.25, 0.3) is 0 Å². The van der Waals surface area contributed by atoms with Crippen molar-refractivity contribution in [3.8, 4) is 0 Å². The zero-order chi connectivity index (χ0) is 13.8. The van der Waals surface area contributed by atoms with Crippen LogP contribution in [0.3, 0.4) is 0 Å². The molecule has 0 fully saturated rings. The lowest BCUT2D eigenvalue weighted by molar-refractivity contribution is 0.182. The Hall–Kier alpha value is -1.22. The van der Waals surface area contributed by atoms with E-state index < -0.39 is 0 Å². The van der Waals surface area contributed by atoms with Crippen molar-refractivity contribution in [2.75, 3.05) is 30.5 Å². The Labute approximate surface area is 116 Å². The van der Waals surface area contributed by atoms with Crippen LogP contribution in [0.5, 0.6) is 0 Å². The van der Waals surface area contributed by atoms with Crippen LogP contribution in [0.1, 0.15) is 32.8 Å². The summed E-state index contributed by atoms with van der Waals surface area (Å²) in [5, 5.41) is 3.56. The topological polar surface area (TPSA) is 24.5 Å². The van der Waals surface area contributed by atoms with Crippen LogP contribution in [0.4, 0.5) is 11.4 Å². The number of nitrogens with one attached hydrogen (secondary N) is 1. The van der Waals surface area contributed by atoms with E-state index in [0.29, 0.717) is 12.1 Å². The second-order valence-corrected chi connectivity index (χ2v) is 5.52. The molecule has 1 N–H and O–H groups in total. The van der Waals surface area contributed by atoms with Crippen molar-refractivity contribution in [1.29, 1.82) is 0 Å². The number of fused-ring (bicyclic) bond motifs is 1. The van der Waals surface area contributed by atoms with Crippen LogP contribution in [0.15, 0.2) is 18.2 Å². The normalized spacial score (nSPS) is 19.5. The number of hydrogen-bond acceptors (Lipinski definition) is 3. The SMILES string of the molecule is CCN(c1ccc2c(c1)CCC(C)N2)C(C)COC. The summed E-state index contributed by atoms with van der Waals surface area (Å²) in [5.74, 6) is 0. The third-order valence-electron chi connectivity index (χ3n) is 3.95. The van der Waals surface area contributed by atoms with Gasteiger partial charge in [0.1, 0.15) is 0 Å². The predicted molar refractivity (Wildman–Crippen MR) is 82.2 cm³/mol. The molecule has 2 atom stereocenters. The summed E-state index contributed by atoms with van der Waals surface area (Å²) in [5.41, 5.74) is 4.05. The van der Waals surface area contributed by atoms with E-state index in [9.17, 15) is 0 Å². The average molecular weight is 262 g/mol. The molecule has 2 unspecified atom stereocenters. The molecule has 3 nitrogen and oxygen atoms in total. The highest BCUT2D eigenvalue weighted by atomic mass is 16.5. The minimum Gasteiger partial charge on any atom is -0.383 e. The molecule has 1 aromatic carbocycles. The Morgan fingerprint density at radius 1 is 1.47 bits per heavy atom. The van der Waals surface area contributed by atoms with Crippen LogP contribution in [0, 0.1) is 0 Å². The zero-order valence-corrected chi connectivity index (χ0v) is 12.6. The monoisotopic (exact) mass is 262 g/mol. The standard InChI is InChI=1S/C16H26N2O/c1-5-18(13(3)11-19-4)15-8-9-16-14(10-15)7-6-12(2)17-16/h8-10,12-13,17H,5-7,11H2,1-4H3. The number of anilines is 2. The molecule has 0 saturated heterocycles. The zero-order valence-electron chi connectivity index (χ0n) is 12.6. The molecule has 1 aliphatic rings. The maximum atomic E-state index is 5.28. The molecule has 0 radical (unpaired) electrons. The summed E-state index contributed by atoms with van der Waals surface area (Å²) in [6.45, 7) is 8.43. The number of aryl methyl sites for hydroxylation is 1. The van der Waals surface area contributed by atoms with Gasteiger partial charge in [0.2, 0.25) is 0 Å². The van der Waals surface area contributed by atoms with Gasteiger partial charge in [-0.2, -0.15) is 0 Å². The third kappa shape index (κ3) is 3.21. The lowest BCUT2D eigenvalue weighted by Gasteiger charge is -2.32. The average Bonchev–Trinajstić information content (AvgIpc) is 2.40. The van der Waals surface area contributed by atoms with Crippen LogP contribution in [0.2, 0.25) is 0 Å². The summed E-state index contributed by atoms with van der Waals surface area (Å²) < 4.78 is 5.28. The van der Waals surface area contributed by atoms with E-state index in [4.69, 9.17) is 4.74 Å². The van der Waals surface area contributed by atoms with E-state index in [-0.39, 0.29) is 0 Å². The van der Waals surface area contributed by atoms with Gasteiger partial charge in [-0.15, -0.1) is 0 Å². The quantitative estimate of drug-likeness (QED) is 0.881. The lowest BCUT2D eigenvalue weighted by atomic mass is 9.98. The van der Waals surface area contributed by atoms with Crippen LogP contribution in [0.25, 0.3) is 0 Å². The molecule has 3 heteroatoms. The molecular weight excluding hydrogens is 236 g/mol. The molecule has 0 spiro atoms. The first kappa shape index (κ1) is 14.2. The van der Waals surface area contributed by atoms with Crippen molar-refractivity contribution in [3.05, 3.63) is 23.8 Å². The van der Waals surface area contributed by atoms with E-state index in [1.807, 2.05) is 0 Å². The van der Waals surface area contributed by atoms with Crippen LogP contribution in [-0.2, 0) is 11.2 Å². The van der Waals surface area contributed by atoms with E-state index in [2.05, 4.69) is 49.2 Å².